The average Bonchev–Trinajstić information content (AvgIpc) is 3.43. The molecule has 19 heteroatoms. The van der Waals surface area contributed by atoms with Crippen LogP contribution >= 0.6 is 15.6 Å². The molecule has 0 saturated heterocycles. The first-order chi connectivity index (χ1) is 38.9. The zero-order valence-electron chi connectivity index (χ0n) is 52.1. The third-order valence-corrected chi connectivity index (χ3v) is 16.5. The second-order valence-electron chi connectivity index (χ2n) is 23.2. The van der Waals surface area contributed by atoms with Gasteiger partial charge in [-0.25, -0.2) is 9.13 Å². The van der Waals surface area contributed by atoms with Gasteiger partial charge in [-0.3, -0.25) is 37.3 Å². The number of carbonyl (C=O) groups excluding carboxylic acids is 4. The largest absolute Gasteiger partial charge is 0.472 e. The monoisotopic (exact) mass is 1200 g/mol. The zero-order valence-corrected chi connectivity index (χ0v) is 53.9. The number of hydrogen-bond acceptors (Lipinski definition) is 15. The van der Waals surface area contributed by atoms with Gasteiger partial charge in [0.1, 0.15) is 19.3 Å². The molecule has 0 radical (unpaired) electrons. The fraction of sp³-hybridized carbons (Fsp3) is 0.935. The summed E-state index contributed by atoms with van der Waals surface area (Å²) >= 11 is 0. The van der Waals surface area contributed by atoms with E-state index in [1.54, 1.807) is 0 Å². The summed E-state index contributed by atoms with van der Waals surface area (Å²) in [5, 5.41) is 10.5. The average molecular weight is 1200 g/mol. The van der Waals surface area contributed by atoms with E-state index in [0.717, 1.165) is 108 Å². The summed E-state index contributed by atoms with van der Waals surface area (Å²) in [6.45, 7) is 9.39. The number of carbonyl (C=O) groups is 4. The quantitative estimate of drug-likeness (QED) is 0.0222. The fourth-order valence-electron chi connectivity index (χ4n) is 9.15. The highest BCUT2D eigenvalue weighted by Gasteiger charge is 2.30. The van der Waals surface area contributed by atoms with Crippen LogP contribution in [-0.2, 0) is 65.4 Å². The first kappa shape index (κ1) is 79.1. The molecular weight excluding hydrogens is 1080 g/mol. The lowest BCUT2D eigenvalue weighted by Crippen LogP contribution is -2.30. The Morgan fingerprint density at radius 1 is 0.358 bits per heavy atom. The number of esters is 4. The summed E-state index contributed by atoms with van der Waals surface area (Å²) in [6.07, 6.45) is 36.5. The Hall–Kier alpha value is -1.94. The predicted molar refractivity (Wildman–Crippen MR) is 321 cm³/mol. The number of aliphatic hydroxyl groups excluding tert-OH is 1. The number of aliphatic hydroxyl groups is 1. The third-order valence-electron chi connectivity index (χ3n) is 14.6. The molecule has 0 amide bonds. The standard InChI is InChI=1S/C62H120O17P2/c1-7-10-12-14-15-20-28-34-40-46-61(66)78-57(50-72-59(64)44-38-30-13-11-8-2)52-76-80(68,69)74-48-56(63)49-75-81(70,71)77-53-58(51-73-60(65)45-39-33-27-24-23-26-32-37-43-55(6)9-3)79-62(67)47-41-35-29-22-19-17-16-18-21-25-31-36-42-54(4)5/h54-58,63H,7-53H2,1-6H3,(H,68,69)(H,70,71)/t55?,56-,57+,58+/m0/s1. The molecule has 0 aliphatic rings. The van der Waals surface area contributed by atoms with Crippen molar-refractivity contribution in [3.8, 4) is 0 Å². The van der Waals surface area contributed by atoms with Crippen molar-refractivity contribution in [2.24, 2.45) is 11.8 Å². The van der Waals surface area contributed by atoms with Gasteiger partial charge in [0.25, 0.3) is 0 Å². The van der Waals surface area contributed by atoms with Gasteiger partial charge in [-0.15, -0.1) is 0 Å². The third kappa shape index (κ3) is 55.7. The summed E-state index contributed by atoms with van der Waals surface area (Å²) < 4.78 is 67.7. The molecule has 0 aromatic carbocycles. The Kier molecular flexibility index (Phi) is 53.4. The Balaban J connectivity index is 5.18. The summed E-state index contributed by atoms with van der Waals surface area (Å²) in [5.74, 6) is -0.594. The highest BCUT2D eigenvalue weighted by atomic mass is 31.2. The van der Waals surface area contributed by atoms with E-state index in [-0.39, 0.29) is 25.7 Å². The molecule has 0 spiro atoms. The fourth-order valence-corrected chi connectivity index (χ4v) is 10.7. The van der Waals surface area contributed by atoms with Crippen molar-refractivity contribution in [1.82, 2.24) is 0 Å². The topological polar surface area (TPSA) is 237 Å². The second-order valence-corrected chi connectivity index (χ2v) is 26.1. The molecule has 0 saturated carbocycles. The number of ether oxygens (including phenoxy) is 4. The maximum atomic E-state index is 13.0. The Labute approximate surface area is 492 Å². The molecule has 0 aromatic rings. The van der Waals surface area contributed by atoms with E-state index in [0.29, 0.717) is 25.7 Å². The lowest BCUT2D eigenvalue weighted by atomic mass is 9.99. The van der Waals surface area contributed by atoms with Crippen molar-refractivity contribution in [3.05, 3.63) is 0 Å². The summed E-state index contributed by atoms with van der Waals surface area (Å²) in [4.78, 5) is 71.8. The molecule has 0 fully saturated rings. The summed E-state index contributed by atoms with van der Waals surface area (Å²) in [7, 11) is -9.87. The van der Waals surface area contributed by atoms with Gasteiger partial charge in [-0.2, -0.15) is 0 Å². The van der Waals surface area contributed by atoms with Crippen molar-refractivity contribution in [1.29, 1.82) is 0 Å². The van der Waals surface area contributed by atoms with Crippen molar-refractivity contribution in [2.75, 3.05) is 39.6 Å². The van der Waals surface area contributed by atoms with Gasteiger partial charge in [0, 0.05) is 25.7 Å². The molecule has 0 aliphatic carbocycles. The highest BCUT2D eigenvalue weighted by Crippen LogP contribution is 2.45. The van der Waals surface area contributed by atoms with E-state index in [1.807, 2.05) is 0 Å². The van der Waals surface area contributed by atoms with Gasteiger partial charge in [0.2, 0.25) is 0 Å². The molecule has 6 atom stereocenters. The van der Waals surface area contributed by atoms with Crippen LogP contribution in [0.4, 0.5) is 0 Å². The van der Waals surface area contributed by atoms with Crippen molar-refractivity contribution >= 4 is 39.5 Å². The van der Waals surface area contributed by atoms with Gasteiger partial charge >= 0.3 is 39.5 Å². The predicted octanol–water partition coefficient (Wildman–Crippen LogP) is 16.9. The van der Waals surface area contributed by atoms with Crippen LogP contribution in [0.2, 0.25) is 0 Å². The van der Waals surface area contributed by atoms with Gasteiger partial charge in [0.15, 0.2) is 12.2 Å². The van der Waals surface area contributed by atoms with E-state index >= 15 is 0 Å². The lowest BCUT2D eigenvalue weighted by molar-refractivity contribution is -0.161. The first-order valence-electron chi connectivity index (χ1n) is 32.5. The van der Waals surface area contributed by atoms with Crippen LogP contribution in [0, 0.1) is 11.8 Å². The maximum absolute atomic E-state index is 13.0. The van der Waals surface area contributed by atoms with Gasteiger partial charge < -0.3 is 33.8 Å². The molecule has 3 N–H and O–H groups in total. The van der Waals surface area contributed by atoms with Crippen molar-refractivity contribution in [3.63, 3.8) is 0 Å². The molecule has 480 valence electrons. The van der Waals surface area contributed by atoms with E-state index < -0.39 is 97.5 Å². The molecular formula is C62H120O17P2. The summed E-state index contributed by atoms with van der Waals surface area (Å²) in [5.41, 5.74) is 0. The second kappa shape index (κ2) is 54.7. The van der Waals surface area contributed by atoms with Crippen LogP contribution < -0.4 is 0 Å². The van der Waals surface area contributed by atoms with Crippen molar-refractivity contribution < 1.29 is 80.2 Å². The minimum absolute atomic E-state index is 0.104. The smallest absolute Gasteiger partial charge is 0.462 e. The SMILES string of the molecule is CCCCCCCCCCCC(=O)O[C@H](COC(=O)CCCCCCC)COP(=O)(O)OC[C@H](O)COP(=O)(O)OC[C@@H](COC(=O)CCCCCCCCCCC(C)CC)OC(=O)CCCCCCCCCCCCCCC(C)C. The first-order valence-corrected chi connectivity index (χ1v) is 35.5. The van der Waals surface area contributed by atoms with E-state index in [4.69, 9.17) is 37.0 Å². The Morgan fingerprint density at radius 3 is 0.938 bits per heavy atom. The van der Waals surface area contributed by atoms with Crippen LogP contribution in [0.15, 0.2) is 0 Å². The molecule has 0 rings (SSSR count). The number of phosphoric acid groups is 2. The van der Waals surface area contributed by atoms with E-state index in [2.05, 4.69) is 41.5 Å². The Morgan fingerprint density at radius 2 is 0.630 bits per heavy atom. The molecule has 17 nitrogen and oxygen atoms in total. The van der Waals surface area contributed by atoms with Crippen LogP contribution in [-0.4, -0.2) is 96.7 Å². The van der Waals surface area contributed by atoms with Crippen molar-refractivity contribution in [2.45, 2.75) is 323 Å². The van der Waals surface area contributed by atoms with Gasteiger partial charge in [-0.1, -0.05) is 253 Å². The lowest BCUT2D eigenvalue weighted by Gasteiger charge is -2.21. The van der Waals surface area contributed by atoms with Crippen LogP contribution in [0.25, 0.3) is 0 Å². The Bertz CT molecular complexity index is 1600. The number of rotatable bonds is 61. The number of phosphoric ester groups is 2. The number of hydrogen-bond donors (Lipinski definition) is 3. The minimum Gasteiger partial charge on any atom is -0.462 e. The van der Waals surface area contributed by atoms with Gasteiger partial charge in [-0.05, 0) is 37.5 Å². The van der Waals surface area contributed by atoms with E-state index in [1.165, 1.54) is 116 Å². The molecule has 0 aromatic heterocycles. The van der Waals surface area contributed by atoms with E-state index in [9.17, 15) is 43.2 Å². The van der Waals surface area contributed by atoms with Gasteiger partial charge in [0.05, 0.1) is 26.4 Å². The maximum Gasteiger partial charge on any atom is 0.472 e. The molecule has 0 heterocycles. The van der Waals surface area contributed by atoms with Crippen LogP contribution in [0.3, 0.4) is 0 Å². The molecule has 0 aliphatic heterocycles. The molecule has 0 bridgehead atoms. The molecule has 81 heavy (non-hydrogen) atoms. The molecule has 3 unspecified atom stereocenters. The van der Waals surface area contributed by atoms with Crippen LogP contribution in [0.5, 0.6) is 0 Å². The zero-order chi connectivity index (χ0) is 60.1. The normalized spacial score (nSPS) is 14.7. The minimum atomic E-state index is -4.94. The summed E-state index contributed by atoms with van der Waals surface area (Å²) in [6, 6.07) is 0. The highest BCUT2D eigenvalue weighted by molar-refractivity contribution is 7.47. The van der Waals surface area contributed by atoms with Crippen LogP contribution in [0.1, 0.15) is 305 Å². The number of unbranched alkanes of at least 4 members (excludes halogenated alkanes) is 30.